The number of rotatable bonds is 3. The number of hydrogen-bond donors (Lipinski definition) is 1. The Hall–Kier alpha value is -2.07. The zero-order valence-corrected chi connectivity index (χ0v) is 15.0. The summed E-state index contributed by atoms with van der Waals surface area (Å²) in [5.74, 6) is -0.0597. The van der Waals surface area contributed by atoms with E-state index in [1.165, 1.54) is 11.1 Å². The van der Waals surface area contributed by atoms with Crippen LogP contribution in [0.25, 0.3) is 11.0 Å². The highest BCUT2D eigenvalue weighted by atomic mass is 79.9. The second-order valence-electron chi connectivity index (χ2n) is 5.90. The highest BCUT2D eigenvalue weighted by Crippen LogP contribution is 2.26. The van der Waals surface area contributed by atoms with Crippen molar-refractivity contribution in [2.75, 3.05) is 5.32 Å². The fraction of sp³-hybridized carbons (Fsp3) is 0.211. The van der Waals surface area contributed by atoms with Gasteiger partial charge < -0.3 is 9.73 Å². The molecule has 1 amide bonds. The van der Waals surface area contributed by atoms with Crippen LogP contribution in [-0.2, 0) is 11.2 Å². The van der Waals surface area contributed by atoms with Crippen molar-refractivity contribution in [1.82, 2.24) is 0 Å². The largest absolute Gasteiger partial charge is 0.464 e. The van der Waals surface area contributed by atoms with E-state index < -0.39 is 0 Å². The van der Waals surface area contributed by atoms with Crippen molar-refractivity contribution >= 4 is 38.5 Å². The van der Waals surface area contributed by atoms with E-state index in [2.05, 4.69) is 41.2 Å². The third-order valence-corrected chi connectivity index (χ3v) is 4.68. The van der Waals surface area contributed by atoms with Gasteiger partial charge in [0, 0.05) is 15.4 Å². The number of carbonyl (C=O) groups is 1. The third kappa shape index (κ3) is 3.32. The van der Waals surface area contributed by atoms with E-state index in [0.717, 1.165) is 32.3 Å². The SMILES string of the molecule is Cc1ccc(NC(=O)Cc2coc3cc(C)c(C)cc23)c(Br)c1. The molecule has 0 fully saturated rings. The maximum Gasteiger partial charge on any atom is 0.228 e. The zero-order valence-electron chi connectivity index (χ0n) is 13.4. The summed E-state index contributed by atoms with van der Waals surface area (Å²) in [6.07, 6.45) is 1.96. The average Bonchev–Trinajstić information content (AvgIpc) is 2.85. The van der Waals surface area contributed by atoms with Gasteiger partial charge in [0.05, 0.1) is 18.4 Å². The summed E-state index contributed by atoms with van der Waals surface area (Å²) in [5, 5.41) is 3.94. The predicted octanol–water partition coefficient (Wildman–Crippen LogP) is 5.30. The van der Waals surface area contributed by atoms with E-state index in [-0.39, 0.29) is 12.3 Å². The molecule has 3 aromatic rings. The first-order valence-corrected chi connectivity index (χ1v) is 8.26. The average molecular weight is 372 g/mol. The van der Waals surface area contributed by atoms with Gasteiger partial charge in [-0.2, -0.15) is 0 Å². The van der Waals surface area contributed by atoms with Crippen LogP contribution in [0.15, 0.2) is 45.5 Å². The lowest BCUT2D eigenvalue weighted by atomic mass is 10.0. The Kier molecular flexibility index (Phi) is 4.26. The fourth-order valence-corrected chi connectivity index (χ4v) is 3.15. The summed E-state index contributed by atoms with van der Waals surface area (Å²) in [7, 11) is 0. The smallest absolute Gasteiger partial charge is 0.228 e. The Bertz CT molecular complexity index is 896. The molecule has 23 heavy (non-hydrogen) atoms. The Morgan fingerprint density at radius 3 is 2.61 bits per heavy atom. The molecule has 0 aliphatic heterocycles. The molecule has 1 aromatic heterocycles. The standard InChI is InChI=1S/C19H18BrNO2/c1-11-4-5-17(16(20)6-11)21-19(22)9-14-10-23-18-8-13(3)12(2)7-15(14)18/h4-8,10H,9H2,1-3H3,(H,21,22). The number of hydrogen-bond acceptors (Lipinski definition) is 2. The molecular formula is C19H18BrNO2. The summed E-state index contributed by atoms with van der Waals surface area (Å²) in [5.41, 5.74) is 6.03. The molecule has 0 saturated heterocycles. The fourth-order valence-electron chi connectivity index (χ4n) is 2.56. The maximum absolute atomic E-state index is 12.3. The lowest BCUT2D eigenvalue weighted by molar-refractivity contribution is -0.115. The van der Waals surface area contributed by atoms with Crippen molar-refractivity contribution in [3.8, 4) is 0 Å². The summed E-state index contributed by atoms with van der Waals surface area (Å²) < 4.78 is 6.47. The first-order valence-electron chi connectivity index (χ1n) is 7.47. The molecule has 4 heteroatoms. The molecule has 118 valence electrons. The van der Waals surface area contributed by atoms with Crippen LogP contribution >= 0.6 is 15.9 Å². The zero-order chi connectivity index (χ0) is 16.6. The molecule has 0 bridgehead atoms. The molecule has 0 unspecified atom stereocenters. The van der Waals surface area contributed by atoms with Gasteiger partial charge in [0.25, 0.3) is 0 Å². The number of nitrogens with one attached hydrogen (secondary N) is 1. The molecule has 0 saturated carbocycles. The Labute approximate surface area is 143 Å². The summed E-state index contributed by atoms with van der Waals surface area (Å²) in [6, 6.07) is 9.95. The number of aryl methyl sites for hydroxylation is 3. The van der Waals surface area contributed by atoms with Crippen LogP contribution in [0, 0.1) is 20.8 Å². The number of halogens is 1. The topological polar surface area (TPSA) is 42.2 Å². The van der Waals surface area contributed by atoms with Crippen LogP contribution in [0.3, 0.4) is 0 Å². The van der Waals surface area contributed by atoms with E-state index >= 15 is 0 Å². The second-order valence-corrected chi connectivity index (χ2v) is 6.76. The lowest BCUT2D eigenvalue weighted by Gasteiger charge is -2.08. The molecule has 0 aliphatic rings. The number of carbonyl (C=O) groups excluding carboxylic acids is 1. The van der Waals surface area contributed by atoms with Crippen molar-refractivity contribution < 1.29 is 9.21 Å². The molecule has 3 nitrogen and oxygen atoms in total. The lowest BCUT2D eigenvalue weighted by Crippen LogP contribution is -2.14. The summed E-state index contributed by atoms with van der Waals surface area (Å²) in [4.78, 5) is 12.3. The molecule has 0 radical (unpaired) electrons. The minimum atomic E-state index is -0.0597. The number of furan rings is 1. The quantitative estimate of drug-likeness (QED) is 0.678. The van der Waals surface area contributed by atoms with Crippen LogP contribution in [0.5, 0.6) is 0 Å². The molecule has 0 aliphatic carbocycles. The van der Waals surface area contributed by atoms with Gasteiger partial charge in [0.2, 0.25) is 5.91 Å². The van der Waals surface area contributed by atoms with Crippen molar-refractivity contribution in [3.05, 3.63) is 63.3 Å². The van der Waals surface area contributed by atoms with Crippen molar-refractivity contribution in [3.63, 3.8) is 0 Å². The molecule has 0 atom stereocenters. The van der Waals surface area contributed by atoms with E-state index in [4.69, 9.17) is 4.42 Å². The number of fused-ring (bicyclic) bond motifs is 1. The third-order valence-electron chi connectivity index (χ3n) is 4.02. The van der Waals surface area contributed by atoms with Gasteiger partial charge >= 0.3 is 0 Å². The molecule has 3 rings (SSSR count). The van der Waals surface area contributed by atoms with Crippen LogP contribution in [0.2, 0.25) is 0 Å². The van der Waals surface area contributed by atoms with Gasteiger partial charge in [-0.15, -0.1) is 0 Å². The monoisotopic (exact) mass is 371 g/mol. The highest BCUT2D eigenvalue weighted by molar-refractivity contribution is 9.10. The van der Waals surface area contributed by atoms with E-state index in [1.807, 2.05) is 31.2 Å². The van der Waals surface area contributed by atoms with E-state index in [1.54, 1.807) is 6.26 Å². The Balaban J connectivity index is 1.81. The molecule has 2 aromatic carbocycles. The Morgan fingerprint density at radius 1 is 1.13 bits per heavy atom. The summed E-state index contributed by atoms with van der Waals surface area (Å²) in [6.45, 7) is 6.13. The molecule has 0 spiro atoms. The second kappa shape index (κ2) is 6.20. The first-order chi connectivity index (χ1) is 10.9. The summed E-state index contributed by atoms with van der Waals surface area (Å²) >= 11 is 3.48. The van der Waals surface area contributed by atoms with Gasteiger partial charge in [-0.1, -0.05) is 6.07 Å². The molecule has 1 heterocycles. The predicted molar refractivity (Wildman–Crippen MR) is 96.9 cm³/mol. The van der Waals surface area contributed by atoms with Crippen molar-refractivity contribution in [2.24, 2.45) is 0 Å². The minimum absolute atomic E-state index is 0.0597. The van der Waals surface area contributed by atoms with Crippen LogP contribution in [-0.4, -0.2) is 5.91 Å². The van der Waals surface area contributed by atoms with Gasteiger partial charge in [0.1, 0.15) is 5.58 Å². The normalized spacial score (nSPS) is 11.0. The van der Waals surface area contributed by atoms with Crippen LogP contribution in [0.4, 0.5) is 5.69 Å². The maximum atomic E-state index is 12.3. The van der Waals surface area contributed by atoms with Gasteiger partial charge in [-0.25, -0.2) is 0 Å². The van der Waals surface area contributed by atoms with Crippen LogP contribution < -0.4 is 5.32 Å². The number of amides is 1. The van der Waals surface area contributed by atoms with Gasteiger partial charge in [-0.3, -0.25) is 4.79 Å². The minimum Gasteiger partial charge on any atom is -0.464 e. The number of benzene rings is 2. The van der Waals surface area contributed by atoms with E-state index in [9.17, 15) is 4.79 Å². The highest BCUT2D eigenvalue weighted by Gasteiger charge is 2.13. The van der Waals surface area contributed by atoms with Crippen molar-refractivity contribution in [1.29, 1.82) is 0 Å². The Morgan fingerprint density at radius 2 is 1.87 bits per heavy atom. The van der Waals surface area contributed by atoms with Gasteiger partial charge in [-0.05, 0) is 77.7 Å². The van der Waals surface area contributed by atoms with Gasteiger partial charge in [0.15, 0.2) is 0 Å². The first kappa shape index (κ1) is 15.8. The van der Waals surface area contributed by atoms with E-state index in [0.29, 0.717) is 0 Å². The molecular weight excluding hydrogens is 354 g/mol. The molecule has 1 N–H and O–H groups in total. The van der Waals surface area contributed by atoms with Crippen molar-refractivity contribution in [2.45, 2.75) is 27.2 Å². The number of anilines is 1. The van der Waals surface area contributed by atoms with Crippen LogP contribution in [0.1, 0.15) is 22.3 Å².